The summed E-state index contributed by atoms with van der Waals surface area (Å²) in [5, 5.41) is 11.1. The number of piperidine rings is 1. The number of β-amino-alcohol motifs (C(OH)–C–C–N with tert-alkyl or cyclic N) is 1. The van der Waals surface area contributed by atoms with E-state index in [1.165, 1.54) is 44.9 Å². The number of halogens is 1. The van der Waals surface area contributed by atoms with E-state index in [2.05, 4.69) is 4.90 Å². The maximum absolute atomic E-state index is 10.4. The predicted octanol–water partition coefficient (Wildman–Crippen LogP) is 4.67. The number of nitrogens with zero attached hydrogens (tertiary/aromatic N) is 1. The first kappa shape index (κ1) is 16.3. The summed E-state index contributed by atoms with van der Waals surface area (Å²) in [5.74, 6) is 1.92. The second-order valence-electron chi connectivity index (χ2n) is 7.10. The lowest BCUT2D eigenvalue weighted by molar-refractivity contribution is 0.0726. The number of rotatable bonds is 4. The van der Waals surface area contributed by atoms with E-state index in [0.717, 1.165) is 42.1 Å². The molecule has 2 aliphatic rings. The van der Waals surface area contributed by atoms with Gasteiger partial charge in [-0.1, -0.05) is 55.8 Å². The van der Waals surface area contributed by atoms with Crippen molar-refractivity contribution in [2.24, 2.45) is 11.8 Å². The fourth-order valence-corrected chi connectivity index (χ4v) is 4.37. The topological polar surface area (TPSA) is 23.5 Å². The molecule has 1 aliphatic carbocycles. The molecular formula is C19H28ClNO. The van der Waals surface area contributed by atoms with E-state index < -0.39 is 6.10 Å². The summed E-state index contributed by atoms with van der Waals surface area (Å²) >= 11 is 5.91. The Bertz CT molecular complexity index is 447. The van der Waals surface area contributed by atoms with Crippen LogP contribution in [0.1, 0.15) is 56.6 Å². The highest BCUT2D eigenvalue weighted by Crippen LogP contribution is 2.35. The van der Waals surface area contributed by atoms with Crippen molar-refractivity contribution in [3.8, 4) is 0 Å². The zero-order valence-electron chi connectivity index (χ0n) is 13.4. The molecule has 1 unspecified atom stereocenters. The van der Waals surface area contributed by atoms with Crippen LogP contribution < -0.4 is 0 Å². The van der Waals surface area contributed by atoms with Crippen LogP contribution in [0.2, 0.25) is 5.02 Å². The summed E-state index contributed by atoms with van der Waals surface area (Å²) in [7, 11) is 0. The van der Waals surface area contributed by atoms with Crippen molar-refractivity contribution in [2.45, 2.75) is 51.0 Å². The normalized spacial score (nSPS) is 23.5. The van der Waals surface area contributed by atoms with Crippen molar-refractivity contribution in [2.75, 3.05) is 19.6 Å². The Labute approximate surface area is 139 Å². The van der Waals surface area contributed by atoms with Crippen LogP contribution in [0.15, 0.2) is 24.3 Å². The molecule has 0 spiro atoms. The Hall–Kier alpha value is -0.570. The summed E-state index contributed by atoms with van der Waals surface area (Å²) in [6, 6.07) is 7.58. The van der Waals surface area contributed by atoms with Crippen molar-refractivity contribution in [3.63, 3.8) is 0 Å². The molecule has 0 bridgehead atoms. The second kappa shape index (κ2) is 7.81. The minimum absolute atomic E-state index is 0.400. The van der Waals surface area contributed by atoms with Crippen LogP contribution in [-0.4, -0.2) is 29.6 Å². The molecule has 1 atom stereocenters. The van der Waals surface area contributed by atoms with Gasteiger partial charge in [-0.05, 0) is 55.5 Å². The van der Waals surface area contributed by atoms with Gasteiger partial charge in [-0.3, -0.25) is 0 Å². The van der Waals surface area contributed by atoms with E-state index in [-0.39, 0.29) is 0 Å². The highest BCUT2D eigenvalue weighted by atomic mass is 35.5. The average Bonchev–Trinajstić information content (AvgIpc) is 2.57. The number of likely N-dealkylation sites (tertiary alicyclic amines) is 1. The molecule has 3 rings (SSSR count). The third kappa shape index (κ3) is 4.24. The maximum atomic E-state index is 10.4. The van der Waals surface area contributed by atoms with Crippen LogP contribution in [0, 0.1) is 11.8 Å². The van der Waals surface area contributed by atoms with E-state index in [1.54, 1.807) is 0 Å². The van der Waals surface area contributed by atoms with Gasteiger partial charge in [-0.25, -0.2) is 0 Å². The van der Waals surface area contributed by atoms with Gasteiger partial charge in [0.1, 0.15) is 0 Å². The van der Waals surface area contributed by atoms with Crippen molar-refractivity contribution < 1.29 is 5.11 Å². The van der Waals surface area contributed by atoms with Crippen molar-refractivity contribution in [1.82, 2.24) is 4.90 Å². The lowest BCUT2D eigenvalue weighted by Crippen LogP contribution is -2.38. The molecule has 1 aromatic rings. The van der Waals surface area contributed by atoms with Gasteiger partial charge in [0.25, 0.3) is 0 Å². The third-order valence-corrected chi connectivity index (χ3v) is 5.89. The molecule has 122 valence electrons. The molecule has 1 saturated heterocycles. The van der Waals surface area contributed by atoms with E-state index in [4.69, 9.17) is 11.6 Å². The van der Waals surface area contributed by atoms with Crippen molar-refractivity contribution in [3.05, 3.63) is 34.9 Å². The van der Waals surface area contributed by atoms with E-state index in [0.29, 0.717) is 0 Å². The van der Waals surface area contributed by atoms with Gasteiger partial charge in [-0.15, -0.1) is 0 Å². The van der Waals surface area contributed by atoms with Crippen LogP contribution >= 0.6 is 11.6 Å². The predicted molar refractivity (Wildman–Crippen MR) is 92.2 cm³/mol. The van der Waals surface area contributed by atoms with Crippen LogP contribution in [0.3, 0.4) is 0 Å². The Morgan fingerprint density at radius 3 is 2.18 bits per heavy atom. The third-order valence-electron chi connectivity index (χ3n) is 5.63. The number of hydrogen-bond acceptors (Lipinski definition) is 2. The van der Waals surface area contributed by atoms with Gasteiger partial charge < -0.3 is 10.0 Å². The lowest BCUT2D eigenvalue weighted by atomic mass is 9.76. The van der Waals surface area contributed by atoms with Crippen LogP contribution in [0.25, 0.3) is 0 Å². The largest absolute Gasteiger partial charge is 0.387 e. The highest BCUT2D eigenvalue weighted by molar-refractivity contribution is 6.30. The molecule has 3 heteroatoms. The first-order valence-corrected chi connectivity index (χ1v) is 9.26. The first-order chi connectivity index (χ1) is 10.7. The summed E-state index contributed by atoms with van der Waals surface area (Å²) in [4.78, 5) is 2.43. The van der Waals surface area contributed by atoms with Gasteiger partial charge in [0.2, 0.25) is 0 Å². The number of benzene rings is 1. The average molecular weight is 322 g/mol. The minimum atomic E-state index is -0.400. The molecule has 1 heterocycles. The molecule has 1 aromatic carbocycles. The Balaban J connectivity index is 1.46. The smallest absolute Gasteiger partial charge is 0.0916 e. The van der Waals surface area contributed by atoms with E-state index in [1.807, 2.05) is 24.3 Å². The highest BCUT2D eigenvalue weighted by Gasteiger charge is 2.28. The molecule has 1 saturated carbocycles. The molecule has 2 nitrogen and oxygen atoms in total. The van der Waals surface area contributed by atoms with Crippen molar-refractivity contribution >= 4 is 11.6 Å². The molecular weight excluding hydrogens is 294 g/mol. The quantitative estimate of drug-likeness (QED) is 0.871. The zero-order chi connectivity index (χ0) is 15.4. The molecule has 2 fully saturated rings. The summed E-state index contributed by atoms with van der Waals surface area (Å²) in [6.07, 6.45) is 9.48. The SMILES string of the molecule is OC(CN1CCC(C2CCCCC2)CC1)c1ccc(Cl)cc1. The molecule has 0 amide bonds. The van der Waals surface area contributed by atoms with Crippen LogP contribution in [-0.2, 0) is 0 Å². The molecule has 1 aliphatic heterocycles. The van der Waals surface area contributed by atoms with Gasteiger partial charge in [-0.2, -0.15) is 0 Å². The Morgan fingerprint density at radius 1 is 0.955 bits per heavy atom. The molecule has 1 N–H and O–H groups in total. The monoisotopic (exact) mass is 321 g/mol. The Morgan fingerprint density at radius 2 is 1.55 bits per heavy atom. The van der Waals surface area contributed by atoms with Crippen LogP contribution in [0.4, 0.5) is 0 Å². The van der Waals surface area contributed by atoms with Gasteiger partial charge in [0.05, 0.1) is 6.10 Å². The standard InChI is InChI=1S/C19H28ClNO/c20-18-8-6-17(7-9-18)19(22)14-21-12-10-16(11-13-21)15-4-2-1-3-5-15/h6-9,15-16,19,22H,1-5,10-14H2. The second-order valence-corrected chi connectivity index (χ2v) is 7.54. The summed E-state index contributed by atoms with van der Waals surface area (Å²) < 4.78 is 0. The minimum Gasteiger partial charge on any atom is -0.387 e. The summed E-state index contributed by atoms with van der Waals surface area (Å²) in [5.41, 5.74) is 0.971. The zero-order valence-corrected chi connectivity index (χ0v) is 14.1. The number of aliphatic hydroxyl groups is 1. The lowest BCUT2D eigenvalue weighted by Gasteiger charge is -2.38. The fraction of sp³-hybridized carbons (Fsp3) is 0.684. The summed E-state index contributed by atoms with van der Waals surface area (Å²) in [6.45, 7) is 3.04. The van der Waals surface area contributed by atoms with Gasteiger partial charge >= 0.3 is 0 Å². The van der Waals surface area contributed by atoms with Gasteiger partial charge in [0.15, 0.2) is 0 Å². The number of hydrogen-bond donors (Lipinski definition) is 1. The first-order valence-electron chi connectivity index (χ1n) is 8.88. The van der Waals surface area contributed by atoms with E-state index in [9.17, 15) is 5.11 Å². The van der Waals surface area contributed by atoms with E-state index >= 15 is 0 Å². The van der Waals surface area contributed by atoms with Gasteiger partial charge in [0, 0.05) is 11.6 Å². The van der Waals surface area contributed by atoms with Crippen LogP contribution in [0.5, 0.6) is 0 Å². The molecule has 22 heavy (non-hydrogen) atoms. The maximum Gasteiger partial charge on any atom is 0.0916 e. The fourth-order valence-electron chi connectivity index (χ4n) is 4.25. The van der Waals surface area contributed by atoms with Crippen molar-refractivity contribution in [1.29, 1.82) is 0 Å². The Kier molecular flexibility index (Phi) is 5.78. The number of aliphatic hydroxyl groups excluding tert-OH is 1. The molecule has 0 aromatic heterocycles. The molecule has 0 radical (unpaired) electrons.